The normalized spacial score (nSPS) is 26.1. The molecule has 0 aliphatic carbocycles. The van der Waals surface area contributed by atoms with E-state index in [1.165, 1.54) is 11.8 Å². The first kappa shape index (κ1) is 24.5. The molecular formula is C24H28ClNO6S. The third-order valence-electron chi connectivity index (χ3n) is 5.69. The molecule has 0 unspecified atom stereocenters. The monoisotopic (exact) mass is 493 g/mol. The molecule has 0 saturated carbocycles. The first-order valence-corrected chi connectivity index (χ1v) is 11.9. The Morgan fingerprint density at radius 2 is 1.73 bits per heavy atom. The Balaban J connectivity index is 1.68. The third-order valence-corrected chi connectivity index (χ3v) is 6.98. The molecule has 1 aromatic heterocycles. The molecule has 1 saturated heterocycles. The van der Waals surface area contributed by atoms with Crippen LogP contribution in [0.25, 0.3) is 10.9 Å². The summed E-state index contributed by atoms with van der Waals surface area (Å²) in [6.45, 7) is 3.05. The maximum Gasteiger partial charge on any atom is 0.163 e. The van der Waals surface area contributed by atoms with E-state index in [1.807, 2.05) is 36.5 Å². The zero-order valence-corrected chi connectivity index (χ0v) is 19.9. The van der Waals surface area contributed by atoms with Crippen molar-refractivity contribution in [3.8, 4) is 0 Å². The molecule has 5 atom stereocenters. The predicted octanol–water partition coefficient (Wildman–Crippen LogP) is 2.73. The van der Waals surface area contributed by atoms with Crippen LogP contribution in [-0.2, 0) is 11.2 Å². The lowest BCUT2D eigenvalue weighted by atomic mass is 9.98. The van der Waals surface area contributed by atoms with E-state index in [2.05, 4.69) is 0 Å². The zero-order chi connectivity index (χ0) is 23.9. The van der Waals surface area contributed by atoms with Crippen molar-refractivity contribution in [2.24, 2.45) is 0 Å². The van der Waals surface area contributed by atoms with Crippen LogP contribution in [0.15, 0.2) is 58.5 Å². The molecule has 5 N–H and O–H groups in total. The number of hydrogen-bond donors (Lipinski definition) is 5. The topological polar surface area (TPSA) is 115 Å². The van der Waals surface area contributed by atoms with Crippen LogP contribution in [-0.4, -0.2) is 66.7 Å². The van der Waals surface area contributed by atoms with Gasteiger partial charge in [-0.05, 0) is 43.7 Å². The summed E-state index contributed by atoms with van der Waals surface area (Å²) in [6.07, 6.45) is -3.98. The third kappa shape index (κ3) is 5.23. The van der Waals surface area contributed by atoms with E-state index in [9.17, 15) is 25.5 Å². The SMILES string of the molecule is CC(C)(O)Cc1ccc(Sc2cn([C@@H]3O[C@H](CO)[C@@H](O)[C@H](O)[C@H]3O)c3cc(Cl)ccc23)cc1. The first-order chi connectivity index (χ1) is 15.6. The molecule has 4 rings (SSSR count). The van der Waals surface area contributed by atoms with Crippen LogP contribution in [0.2, 0.25) is 5.02 Å². The van der Waals surface area contributed by atoms with Crippen LogP contribution < -0.4 is 0 Å². The number of aromatic nitrogens is 1. The largest absolute Gasteiger partial charge is 0.394 e. The average molecular weight is 494 g/mol. The van der Waals surface area contributed by atoms with Gasteiger partial charge in [-0.1, -0.05) is 41.6 Å². The van der Waals surface area contributed by atoms with Gasteiger partial charge in [-0.15, -0.1) is 0 Å². The second-order valence-corrected chi connectivity index (χ2v) is 10.6. The van der Waals surface area contributed by atoms with Gasteiger partial charge in [0.05, 0.1) is 17.7 Å². The first-order valence-electron chi connectivity index (χ1n) is 10.7. The van der Waals surface area contributed by atoms with Gasteiger partial charge in [0.25, 0.3) is 0 Å². The summed E-state index contributed by atoms with van der Waals surface area (Å²) in [7, 11) is 0. The Morgan fingerprint density at radius 1 is 1.03 bits per heavy atom. The van der Waals surface area contributed by atoms with Crippen LogP contribution >= 0.6 is 23.4 Å². The van der Waals surface area contributed by atoms with Crippen molar-refractivity contribution in [1.29, 1.82) is 0 Å². The number of aliphatic hydroxyl groups excluding tert-OH is 4. The van der Waals surface area contributed by atoms with Crippen LogP contribution in [0, 0.1) is 0 Å². The number of halogens is 1. The minimum absolute atomic E-state index is 0.499. The van der Waals surface area contributed by atoms with Gasteiger partial charge in [-0.2, -0.15) is 0 Å². The number of aliphatic hydroxyl groups is 5. The molecule has 9 heteroatoms. The highest BCUT2D eigenvalue weighted by molar-refractivity contribution is 7.99. The molecule has 178 valence electrons. The summed E-state index contributed by atoms with van der Waals surface area (Å²) in [5.74, 6) is 0. The molecule has 1 aliphatic heterocycles. The van der Waals surface area contributed by atoms with E-state index < -0.39 is 42.9 Å². The molecule has 1 fully saturated rings. The smallest absolute Gasteiger partial charge is 0.163 e. The highest BCUT2D eigenvalue weighted by atomic mass is 35.5. The molecule has 33 heavy (non-hydrogen) atoms. The Hall–Kier alpha value is -1.62. The van der Waals surface area contributed by atoms with Crippen molar-refractivity contribution in [2.45, 2.75) is 66.3 Å². The maximum atomic E-state index is 10.6. The van der Waals surface area contributed by atoms with Gasteiger partial charge in [-0.25, -0.2) is 0 Å². The lowest BCUT2D eigenvalue weighted by Crippen LogP contribution is -2.56. The van der Waals surface area contributed by atoms with E-state index in [4.69, 9.17) is 16.3 Å². The van der Waals surface area contributed by atoms with Gasteiger partial charge >= 0.3 is 0 Å². The number of rotatable bonds is 6. The molecule has 7 nitrogen and oxygen atoms in total. The van der Waals surface area contributed by atoms with Gasteiger partial charge in [-0.3, -0.25) is 0 Å². The van der Waals surface area contributed by atoms with Crippen LogP contribution in [0.5, 0.6) is 0 Å². The number of hydrogen-bond acceptors (Lipinski definition) is 7. The van der Waals surface area contributed by atoms with Crippen molar-refractivity contribution in [3.63, 3.8) is 0 Å². The fourth-order valence-corrected chi connectivity index (χ4v) is 5.24. The Bertz CT molecular complexity index is 1110. The van der Waals surface area contributed by atoms with Gasteiger partial charge in [0.2, 0.25) is 0 Å². The highest BCUT2D eigenvalue weighted by Crippen LogP contribution is 2.40. The van der Waals surface area contributed by atoms with Crippen molar-refractivity contribution in [1.82, 2.24) is 4.57 Å². The summed E-state index contributed by atoms with van der Waals surface area (Å²) in [5, 5.41) is 52.0. The Labute approximate surface area is 201 Å². The molecule has 0 spiro atoms. The second kappa shape index (κ2) is 9.56. The van der Waals surface area contributed by atoms with Crippen LogP contribution in [0.4, 0.5) is 0 Å². The molecule has 2 aromatic carbocycles. The second-order valence-electron chi connectivity index (χ2n) is 9.02. The molecule has 0 bridgehead atoms. The van der Waals surface area contributed by atoms with Crippen molar-refractivity contribution < 1.29 is 30.3 Å². The average Bonchev–Trinajstić information content (AvgIpc) is 3.10. The van der Waals surface area contributed by atoms with Gasteiger partial charge in [0, 0.05) is 32.8 Å². The predicted molar refractivity (Wildman–Crippen MR) is 127 cm³/mol. The molecule has 3 aromatic rings. The van der Waals surface area contributed by atoms with Gasteiger partial charge in [0.1, 0.15) is 24.4 Å². The molecule has 0 amide bonds. The highest BCUT2D eigenvalue weighted by Gasteiger charge is 2.44. The van der Waals surface area contributed by atoms with Crippen LogP contribution in [0.3, 0.4) is 0 Å². The quantitative estimate of drug-likeness (QED) is 0.358. The molecule has 0 radical (unpaired) electrons. The van der Waals surface area contributed by atoms with E-state index in [0.717, 1.165) is 20.7 Å². The summed E-state index contributed by atoms with van der Waals surface area (Å²) in [6, 6.07) is 13.3. The number of benzene rings is 2. The molecule has 2 heterocycles. The summed E-state index contributed by atoms with van der Waals surface area (Å²) in [5.41, 5.74) is 0.933. The van der Waals surface area contributed by atoms with E-state index in [-0.39, 0.29) is 0 Å². The van der Waals surface area contributed by atoms with Crippen LogP contribution in [0.1, 0.15) is 25.6 Å². The Morgan fingerprint density at radius 3 is 2.36 bits per heavy atom. The van der Waals surface area contributed by atoms with Crippen molar-refractivity contribution in [3.05, 3.63) is 59.2 Å². The zero-order valence-electron chi connectivity index (χ0n) is 18.3. The lowest BCUT2D eigenvalue weighted by molar-refractivity contribution is -0.250. The van der Waals surface area contributed by atoms with E-state index >= 15 is 0 Å². The van der Waals surface area contributed by atoms with Gasteiger partial charge in [0.15, 0.2) is 6.23 Å². The van der Waals surface area contributed by atoms with E-state index in [1.54, 1.807) is 30.5 Å². The molecule has 1 aliphatic rings. The minimum Gasteiger partial charge on any atom is -0.394 e. The number of ether oxygens (including phenoxy) is 1. The summed E-state index contributed by atoms with van der Waals surface area (Å²) in [4.78, 5) is 1.87. The van der Waals surface area contributed by atoms with E-state index in [0.29, 0.717) is 17.0 Å². The number of nitrogens with zero attached hydrogens (tertiary/aromatic N) is 1. The molecular weight excluding hydrogens is 466 g/mol. The minimum atomic E-state index is -1.48. The standard InChI is InChI=1S/C24H28ClNO6S/c1-24(2,31)10-13-3-6-15(7-4-13)33-19-11-26(17-9-14(25)5-8-16(17)19)23-22(30)21(29)20(28)18(12-27)32-23/h3-9,11,18,20-23,27-31H,10,12H2,1-2H3/t18-,20-,21+,22-,23-/m1/s1. The fraction of sp³-hybridized carbons (Fsp3) is 0.417. The Kier molecular flexibility index (Phi) is 7.10. The maximum absolute atomic E-state index is 10.6. The van der Waals surface area contributed by atoms with Gasteiger partial charge < -0.3 is 34.8 Å². The van der Waals surface area contributed by atoms with Crippen molar-refractivity contribution in [2.75, 3.05) is 6.61 Å². The summed E-state index contributed by atoms with van der Waals surface area (Å²) < 4.78 is 7.44. The fourth-order valence-electron chi connectivity index (χ4n) is 4.10. The lowest BCUT2D eigenvalue weighted by Gasteiger charge is -2.40. The summed E-state index contributed by atoms with van der Waals surface area (Å²) >= 11 is 7.76. The van der Waals surface area contributed by atoms with Crippen molar-refractivity contribution >= 4 is 34.3 Å². The number of fused-ring (bicyclic) bond motifs is 1.